The second-order valence-corrected chi connectivity index (χ2v) is 7.83. The van der Waals surface area contributed by atoms with Gasteiger partial charge in [-0.25, -0.2) is 13.4 Å². The van der Waals surface area contributed by atoms with Gasteiger partial charge < -0.3 is 5.32 Å². The minimum absolute atomic E-state index is 0.112. The van der Waals surface area contributed by atoms with Gasteiger partial charge in [0.25, 0.3) is 5.91 Å². The number of nitrogens with one attached hydrogen (secondary N) is 2. The molecule has 0 bridgehead atoms. The van der Waals surface area contributed by atoms with Crippen LogP contribution in [0.2, 0.25) is 0 Å². The zero-order valence-corrected chi connectivity index (χ0v) is 14.3. The van der Waals surface area contributed by atoms with Gasteiger partial charge in [-0.05, 0) is 49.6 Å². The molecule has 1 aromatic carbocycles. The van der Waals surface area contributed by atoms with Crippen molar-refractivity contribution in [1.29, 1.82) is 5.26 Å². The smallest absolute Gasteiger partial charge is 0.255 e. The summed E-state index contributed by atoms with van der Waals surface area (Å²) in [6, 6.07) is 9.97. The highest BCUT2D eigenvalue weighted by atomic mass is 32.2. The van der Waals surface area contributed by atoms with Crippen molar-refractivity contribution in [3.63, 3.8) is 0 Å². The summed E-state index contributed by atoms with van der Waals surface area (Å²) in [5.41, 5.74) is 2.05. The molecule has 3 rings (SSSR count). The number of aryl methyl sites for hydroxylation is 1. The van der Waals surface area contributed by atoms with Crippen LogP contribution in [0.15, 0.2) is 36.5 Å². The van der Waals surface area contributed by atoms with Gasteiger partial charge >= 0.3 is 0 Å². The van der Waals surface area contributed by atoms with Crippen molar-refractivity contribution in [3.8, 4) is 6.07 Å². The maximum atomic E-state index is 12.4. The van der Waals surface area contributed by atoms with E-state index in [0.717, 1.165) is 5.56 Å². The Morgan fingerprint density at radius 3 is 2.72 bits per heavy atom. The minimum atomic E-state index is -3.44. The lowest BCUT2D eigenvalue weighted by Gasteiger charge is -2.09. The third kappa shape index (κ3) is 3.95. The lowest BCUT2D eigenvalue weighted by atomic mass is 10.1. The fourth-order valence-electron chi connectivity index (χ4n) is 2.26. The first-order valence-electron chi connectivity index (χ1n) is 7.69. The van der Waals surface area contributed by atoms with Gasteiger partial charge in [-0.3, -0.25) is 9.52 Å². The van der Waals surface area contributed by atoms with Crippen LogP contribution < -0.4 is 10.0 Å². The fraction of sp³-hybridized carbons (Fsp3) is 0.235. The SMILES string of the molecule is Cc1ccc(NC(=O)c2ccnc(NS(=O)(=O)C3CC3)c2)cc1C#N. The number of sulfonamides is 1. The molecule has 0 unspecified atom stereocenters. The zero-order valence-electron chi connectivity index (χ0n) is 13.5. The number of carbonyl (C=O) groups excluding carboxylic acids is 1. The van der Waals surface area contributed by atoms with E-state index in [1.807, 2.05) is 6.92 Å². The van der Waals surface area contributed by atoms with Gasteiger partial charge in [-0.15, -0.1) is 0 Å². The molecular formula is C17H16N4O3S. The Morgan fingerprint density at radius 1 is 1.28 bits per heavy atom. The lowest BCUT2D eigenvalue weighted by molar-refractivity contribution is 0.102. The van der Waals surface area contributed by atoms with Crippen LogP contribution in [0.25, 0.3) is 0 Å². The molecule has 0 spiro atoms. The number of nitriles is 1. The molecule has 1 fully saturated rings. The van der Waals surface area contributed by atoms with Gasteiger partial charge in [0.05, 0.1) is 16.9 Å². The summed E-state index contributed by atoms with van der Waals surface area (Å²) in [5, 5.41) is 11.4. The molecule has 0 atom stereocenters. The average molecular weight is 356 g/mol. The van der Waals surface area contributed by atoms with Gasteiger partial charge in [0.2, 0.25) is 10.0 Å². The number of rotatable bonds is 5. The quantitative estimate of drug-likeness (QED) is 0.854. The number of carbonyl (C=O) groups is 1. The van der Waals surface area contributed by atoms with Gasteiger partial charge in [0.15, 0.2) is 0 Å². The van der Waals surface area contributed by atoms with E-state index in [-0.39, 0.29) is 16.6 Å². The molecule has 1 amide bonds. The first-order valence-corrected chi connectivity index (χ1v) is 9.23. The number of nitrogens with zero attached hydrogens (tertiary/aromatic N) is 2. The number of pyridine rings is 1. The summed E-state index contributed by atoms with van der Waals surface area (Å²) in [6.45, 7) is 1.81. The van der Waals surface area contributed by atoms with Crippen molar-refractivity contribution >= 4 is 27.4 Å². The first kappa shape index (κ1) is 16.9. The second-order valence-electron chi connectivity index (χ2n) is 5.87. The molecule has 7 nitrogen and oxygen atoms in total. The number of hydrogen-bond donors (Lipinski definition) is 2. The van der Waals surface area contributed by atoms with Gasteiger partial charge in [-0.2, -0.15) is 5.26 Å². The molecule has 1 aromatic heterocycles. The zero-order chi connectivity index (χ0) is 18.0. The number of hydrogen-bond acceptors (Lipinski definition) is 5. The van der Waals surface area contributed by atoms with Crippen molar-refractivity contribution in [2.45, 2.75) is 25.0 Å². The Morgan fingerprint density at radius 2 is 2.04 bits per heavy atom. The second kappa shape index (κ2) is 6.53. The maximum absolute atomic E-state index is 12.4. The fourth-order valence-corrected chi connectivity index (χ4v) is 3.58. The van der Waals surface area contributed by atoms with E-state index >= 15 is 0 Å². The van der Waals surface area contributed by atoms with E-state index in [1.54, 1.807) is 18.2 Å². The van der Waals surface area contributed by atoms with E-state index in [4.69, 9.17) is 5.26 Å². The molecule has 1 aliphatic rings. The summed E-state index contributed by atoms with van der Waals surface area (Å²) >= 11 is 0. The van der Waals surface area contributed by atoms with Crippen LogP contribution in [-0.2, 0) is 10.0 Å². The molecule has 0 saturated heterocycles. The van der Waals surface area contributed by atoms with Crippen LogP contribution in [-0.4, -0.2) is 24.6 Å². The van der Waals surface area contributed by atoms with E-state index in [9.17, 15) is 13.2 Å². The van der Waals surface area contributed by atoms with Crippen LogP contribution in [0.4, 0.5) is 11.5 Å². The topological polar surface area (TPSA) is 112 Å². The summed E-state index contributed by atoms with van der Waals surface area (Å²) in [7, 11) is -3.44. The molecule has 0 aliphatic heterocycles. The number of amides is 1. The van der Waals surface area contributed by atoms with E-state index < -0.39 is 15.9 Å². The van der Waals surface area contributed by atoms with E-state index in [1.165, 1.54) is 18.3 Å². The standard InChI is InChI=1S/C17H16N4O3S/c1-11-2-3-14(8-13(11)10-18)20-17(22)12-6-7-19-16(9-12)21-25(23,24)15-4-5-15/h2-3,6-9,15H,4-5H2,1H3,(H,19,21)(H,20,22). The summed E-state index contributed by atoms with van der Waals surface area (Å²) in [4.78, 5) is 16.3. The Balaban J connectivity index is 1.76. The predicted octanol–water partition coefficient (Wildman–Crippen LogP) is 2.42. The monoisotopic (exact) mass is 356 g/mol. The van der Waals surface area contributed by atoms with Gasteiger partial charge in [0, 0.05) is 17.4 Å². The molecule has 1 saturated carbocycles. The van der Waals surface area contributed by atoms with Gasteiger partial charge in [-0.1, -0.05) is 6.07 Å². The highest BCUT2D eigenvalue weighted by Gasteiger charge is 2.36. The number of anilines is 2. The van der Waals surface area contributed by atoms with E-state index in [2.05, 4.69) is 21.1 Å². The van der Waals surface area contributed by atoms with E-state index in [0.29, 0.717) is 24.1 Å². The highest BCUT2D eigenvalue weighted by Crippen LogP contribution is 2.29. The summed E-state index contributed by atoms with van der Waals surface area (Å²) < 4.78 is 26.3. The molecule has 2 N–H and O–H groups in total. The lowest BCUT2D eigenvalue weighted by Crippen LogP contribution is -2.19. The summed E-state index contributed by atoms with van der Waals surface area (Å²) in [5.74, 6) is -0.303. The predicted molar refractivity (Wildman–Crippen MR) is 93.6 cm³/mol. The average Bonchev–Trinajstić information content (AvgIpc) is 3.42. The summed E-state index contributed by atoms with van der Waals surface area (Å²) in [6.07, 6.45) is 2.66. The maximum Gasteiger partial charge on any atom is 0.255 e. The molecule has 0 radical (unpaired) electrons. The van der Waals surface area contributed by atoms with Gasteiger partial charge in [0.1, 0.15) is 5.82 Å². The molecule has 8 heteroatoms. The molecule has 1 aliphatic carbocycles. The Labute approximate surface area is 145 Å². The minimum Gasteiger partial charge on any atom is -0.322 e. The Hall–Kier alpha value is -2.92. The Bertz CT molecular complexity index is 976. The first-order chi connectivity index (χ1) is 11.9. The van der Waals surface area contributed by atoms with Crippen LogP contribution in [0.3, 0.4) is 0 Å². The molecule has 25 heavy (non-hydrogen) atoms. The molecule has 1 heterocycles. The number of aromatic nitrogens is 1. The third-order valence-corrected chi connectivity index (χ3v) is 5.69. The highest BCUT2D eigenvalue weighted by molar-refractivity contribution is 7.93. The van der Waals surface area contributed by atoms with Crippen molar-refractivity contribution in [2.75, 3.05) is 10.0 Å². The Kier molecular flexibility index (Phi) is 4.42. The molecule has 2 aromatic rings. The van der Waals surface area contributed by atoms with Crippen LogP contribution in [0.5, 0.6) is 0 Å². The normalized spacial score (nSPS) is 13.8. The van der Waals surface area contributed by atoms with Crippen molar-refractivity contribution in [2.24, 2.45) is 0 Å². The molecular weight excluding hydrogens is 340 g/mol. The van der Waals surface area contributed by atoms with Crippen LogP contribution in [0.1, 0.15) is 34.3 Å². The van der Waals surface area contributed by atoms with Crippen molar-refractivity contribution in [3.05, 3.63) is 53.2 Å². The van der Waals surface area contributed by atoms with Crippen molar-refractivity contribution in [1.82, 2.24) is 4.98 Å². The van der Waals surface area contributed by atoms with Crippen LogP contribution >= 0.6 is 0 Å². The van der Waals surface area contributed by atoms with Crippen LogP contribution in [0, 0.1) is 18.3 Å². The number of benzene rings is 1. The van der Waals surface area contributed by atoms with Crippen molar-refractivity contribution < 1.29 is 13.2 Å². The third-order valence-electron chi connectivity index (χ3n) is 3.85. The molecule has 128 valence electrons. The largest absolute Gasteiger partial charge is 0.322 e.